The highest BCUT2D eigenvalue weighted by atomic mass is 16.3. The summed E-state index contributed by atoms with van der Waals surface area (Å²) < 4.78 is 0. The lowest BCUT2D eigenvalue weighted by Crippen LogP contribution is -2.52. The van der Waals surface area contributed by atoms with Crippen molar-refractivity contribution in [2.75, 3.05) is 6.54 Å². The van der Waals surface area contributed by atoms with Crippen molar-refractivity contribution in [3.63, 3.8) is 0 Å². The van der Waals surface area contributed by atoms with Gasteiger partial charge >= 0.3 is 0 Å². The van der Waals surface area contributed by atoms with Crippen LogP contribution in [0.2, 0.25) is 0 Å². The van der Waals surface area contributed by atoms with Gasteiger partial charge in [-0.1, -0.05) is 45.0 Å². The zero-order chi connectivity index (χ0) is 22.6. The number of benzene rings is 1. The van der Waals surface area contributed by atoms with Gasteiger partial charge in [-0.05, 0) is 42.7 Å². The van der Waals surface area contributed by atoms with Crippen LogP contribution in [0.4, 0.5) is 0 Å². The average Bonchev–Trinajstić information content (AvgIpc) is 3.29. The number of hydrogen-bond acceptors (Lipinski definition) is 5. The predicted octanol–water partition coefficient (Wildman–Crippen LogP) is 2.14. The number of nitrogens with zero attached hydrogens (tertiary/aromatic N) is 2. The smallest absolute Gasteiger partial charge is 0.231 e. The first-order chi connectivity index (χ1) is 14.6. The summed E-state index contributed by atoms with van der Waals surface area (Å²) in [5.74, 6) is 0.165. The summed E-state index contributed by atoms with van der Waals surface area (Å²) in [7, 11) is 0. The Labute approximate surface area is 184 Å². The normalized spacial score (nSPS) is 33.6. The molecular weight excluding hydrogens is 392 g/mol. The monoisotopic (exact) mass is 426 g/mol. The van der Waals surface area contributed by atoms with E-state index in [0.717, 1.165) is 24.0 Å². The summed E-state index contributed by atoms with van der Waals surface area (Å²) in [5, 5.41) is 14.0. The van der Waals surface area contributed by atoms with Gasteiger partial charge in [0.1, 0.15) is 0 Å². The molecule has 1 fully saturated rings. The number of carbonyl (C=O) groups is 2. The van der Waals surface area contributed by atoms with Crippen LogP contribution >= 0.6 is 0 Å². The van der Waals surface area contributed by atoms with Crippen molar-refractivity contribution >= 4 is 17.8 Å². The number of guanidine groups is 1. The molecule has 168 valence electrons. The summed E-state index contributed by atoms with van der Waals surface area (Å²) in [6, 6.07) is 7.41. The second kappa shape index (κ2) is 7.62. The molecule has 0 bridgehead atoms. The van der Waals surface area contributed by atoms with Gasteiger partial charge in [0, 0.05) is 18.9 Å². The van der Waals surface area contributed by atoms with Gasteiger partial charge in [0.05, 0.1) is 23.6 Å². The molecular formula is C24H34N4O3. The fourth-order valence-electron chi connectivity index (χ4n) is 5.44. The van der Waals surface area contributed by atoms with Gasteiger partial charge in [-0.15, -0.1) is 0 Å². The zero-order valence-electron chi connectivity index (χ0n) is 18.9. The van der Waals surface area contributed by atoms with E-state index in [1.165, 1.54) is 0 Å². The summed E-state index contributed by atoms with van der Waals surface area (Å²) in [6.07, 6.45) is 2.43. The van der Waals surface area contributed by atoms with Crippen LogP contribution in [0.25, 0.3) is 0 Å². The maximum Gasteiger partial charge on any atom is 0.231 e. The maximum atomic E-state index is 13.1. The molecule has 3 aliphatic rings. The first-order valence-electron chi connectivity index (χ1n) is 11.4. The average molecular weight is 427 g/mol. The van der Waals surface area contributed by atoms with Crippen LogP contribution in [-0.4, -0.2) is 45.5 Å². The Morgan fingerprint density at radius 1 is 1.29 bits per heavy atom. The first kappa shape index (κ1) is 21.8. The summed E-state index contributed by atoms with van der Waals surface area (Å²) in [4.78, 5) is 32.1. The lowest BCUT2D eigenvalue weighted by atomic mass is 9.88. The van der Waals surface area contributed by atoms with Gasteiger partial charge in [-0.2, -0.15) is 0 Å². The van der Waals surface area contributed by atoms with Crippen molar-refractivity contribution in [2.45, 2.75) is 70.6 Å². The molecule has 2 amide bonds. The number of carbonyl (C=O) groups excluding carboxylic acids is 2. The van der Waals surface area contributed by atoms with E-state index in [2.05, 4.69) is 10.3 Å². The van der Waals surface area contributed by atoms with Gasteiger partial charge in [0.25, 0.3) is 0 Å². The standard InChI is InChI=1S/C24H34N4O3/c1-5-24(6-2)12-18(29)28(22(25)27-24)13-17-14(3)19(17)21(30)26-20-16-10-8-7-9-15(16)11-23(20,4)31/h7-10,14,17,19-20,31H,5-6,11-13H2,1-4H3,(H2,25,27)(H,26,30)/t14?,17?,19-,20-,23?/m1/s1. The van der Waals surface area contributed by atoms with E-state index >= 15 is 0 Å². The second-order valence-corrected chi connectivity index (χ2v) is 9.81. The SMILES string of the molecule is CCC1(CC)CC(=O)N(CC2C(C)[C@H]2C(=O)N[C@@H]2c3ccccc3CC2(C)O)C(N)=N1. The zero-order valence-corrected chi connectivity index (χ0v) is 18.9. The lowest BCUT2D eigenvalue weighted by Gasteiger charge is -2.36. The third-order valence-corrected chi connectivity index (χ3v) is 7.81. The fourth-order valence-corrected chi connectivity index (χ4v) is 5.44. The van der Waals surface area contributed by atoms with Crippen LogP contribution in [0.5, 0.6) is 0 Å². The number of rotatable bonds is 6. The molecule has 4 rings (SSSR count). The highest BCUT2D eigenvalue weighted by Gasteiger charge is 2.55. The van der Waals surface area contributed by atoms with E-state index in [1.54, 1.807) is 11.8 Å². The third-order valence-electron chi connectivity index (χ3n) is 7.81. The summed E-state index contributed by atoms with van der Waals surface area (Å²) >= 11 is 0. The molecule has 5 atom stereocenters. The van der Waals surface area contributed by atoms with E-state index in [9.17, 15) is 14.7 Å². The number of aliphatic imine (C=N–C) groups is 1. The minimum Gasteiger partial charge on any atom is -0.387 e. The van der Waals surface area contributed by atoms with Crippen LogP contribution in [0.3, 0.4) is 0 Å². The van der Waals surface area contributed by atoms with E-state index in [0.29, 0.717) is 19.4 Å². The first-order valence-corrected chi connectivity index (χ1v) is 11.4. The predicted molar refractivity (Wildman–Crippen MR) is 119 cm³/mol. The molecule has 0 saturated heterocycles. The van der Waals surface area contributed by atoms with E-state index in [-0.39, 0.29) is 35.5 Å². The van der Waals surface area contributed by atoms with Gasteiger partial charge in [-0.3, -0.25) is 14.5 Å². The Kier molecular flexibility index (Phi) is 5.36. The number of amides is 2. The van der Waals surface area contributed by atoms with Crippen molar-refractivity contribution in [2.24, 2.45) is 28.5 Å². The minimum absolute atomic E-state index is 0.0119. The number of hydrogen-bond donors (Lipinski definition) is 3. The molecule has 31 heavy (non-hydrogen) atoms. The van der Waals surface area contributed by atoms with Crippen molar-refractivity contribution in [3.8, 4) is 0 Å². The number of fused-ring (bicyclic) bond motifs is 1. The van der Waals surface area contributed by atoms with Crippen molar-refractivity contribution in [3.05, 3.63) is 35.4 Å². The topological polar surface area (TPSA) is 108 Å². The minimum atomic E-state index is -1.02. The molecule has 1 aromatic carbocycles. The van der Waals surface area contributed by atoms with E-state index in [1.807, 2.05) is 45.0 Å². The Morgan fingerprint density at radius 3 is 2.61 bits per heavy atom. The molecule has 3 unspecified atom stereocenters. The molecule has 1 saturated carbocycles. The molecule has 2 aliphatic carbocycles. The Bertz CT molecular complexity index is 921. The van der Waals surface area contributed by atoms with Gasteiger partial charge < -0.3 is 16.2 Å². The number of nitrogens with one attached hydrogen (secondary N) is 1. The molecule has 0 radical (unpaired) electrons. The lowest BCUT2D eigenvalue weighted by molar-refractivity contribution is -0.130. The van der Waals surface area contributed by atoms with Crippen molar-refractivity contribution in [1.82, 2.24) is 10.2 Å². The van der Waals surface area contributed by atoms with E-state index < -0.39 is 17.2 Å². The van der Waals surface area contributed by atoms with Gasteiger partial charge in [-0.25, -0.2) is 4.99 Å². The van der Waals surface area contributed by atoms with Crippen LogP contribution in [0.15, 0.2) is 29.3 Å². The summed E-state index contributed by atoms with van der Waals surface area (Å²) in [6.45, 7) is 8.27. The van der Waals surface area contributed by atoms with Crippen LogP contribution in [-0.2, 0) is 16.0 Å². The van der Waals surface area contributed by atoms with Gasteiger partial charge in [0.15, 0.2) is 5.96 Å². The Balaban J connectivity index is 1.44. The molecule has 4 N–H and O–H groups in total. The van der Waals surface area contributed by atoms with Crippen LogP contribution < -0.4 is 11.1 Å². The largest absolute Gasteiger partial charge is 0.387 e. The van der Waals surface area contributed by atoms with Crippen LogP contribution in [0.1, 0.15) is 64.1 Å². The number of nitrogens with two attached hydrogens (primary N) is 1. The summed E-state index contributed by atoms with van der Waals surface area (Å²) in [5.41, 5.74) is 6.81. The maximum absolute atomic E-state index is 13.1. The highest BCUT2D eigenvalue weighted by molar-refractivity contribution is 5.99. The van der Waals surface area contributed by atoms with Gasteiger partial charge in [0.2, 0.25) is 11.8 Å². The molecule has 0 spiro atoms. The fraction of sp³-hybridized carbons (Fsp3) is 0.625. The van der Waals surface area contributed by atoms with Crippen LogP contribution in [0, 0.1) is 17.8 Å². The molecule has 1 aromatic rings. The van der Waals surface area contributed by atoms with Crippen molar-refractivity contribution < 1.29 is 14.7 Å². The third kappa shape index (κ3) is 3.73. The van der Waals surface area contributed by atoms with E-state index in [4.69, 9.17) is 5.73 Å². The Hall–Kier alpha value is -2.41. The second-order valence-electron chi connectivity index (χ2n) is 9.81. The number of aliphatic hydroxyl groups is 1. The quantitative estimate of drug-likeness (QED) is 0.648. The highest BCUT2D eigenvalue weighted by Crippen LogP contribution is 2.48. The molecule has 1 aliphatic heterocycles. The van der Waals surface area contributed by atoms with Crippen molar-refractivity contribution in [1.29, 1.82) is 0 Å². The molecule has 1 heterocycles. The molecule has 7 nitrogen and oxygen atoms in total. The molecule has 0 aromatic heterocycles. The Morgan fingerprint density at radius 2 is 1.97 bits per heavy atom. The molecule has 7 heteroatoms.